The lowest BCUT2D eigenvalue weighted by atomic mass is 9.87. The van der Waals surface area contributed by atoms with Crippen molar-refractivity contribution in [2.24, 2.45) is 5.92 Å². The number of thioether (sulfide) groups is 1. The first-order valence-electron chi connectivity index (χ1n) is 7.45. The van der Waals surface area contributed by atoms with E-state index >= 15 is 0 Å². The van der Waals surface area contributed by atoms with Crippen molar-refractivity contribution in [2.75, 3.05) is 24.3 Å². The molecule has 1 saturated carbocycles. The Hall–Kier alpha value is -0.230. The molecule has 1 unspecified atom stereocenters. The molecule has 0 radical (unpaired) electrons. The van der Waals surface area contributed by atoms with Crippen molar-refractivity contribution < 1.29 is 13.2 Å². The molecule has 0 bridgehead atoms. The summed E-state index contributed by atoms with van der Waals surface area (Å²) in [5.74, 6) is 1.89. The molecule has 0 aromatic carbocycles. The fraction of sp³-hybridized carbons (Fsp3) is 0.929. The van der Waals surface area contributed by atoms with E-state index in [1.165, 1.54) is 24.6 Å². The van der Waals surface area contributed by atoms with Gasteiger partial charge in [0.25, 0.3) is 0 Å². The van der Waals surface area contributed by atoms with Gasteiger partial charge in [-0.1, -0.05) is 6.92 Å². The van der Waals surface area contributed by atoms with Gasteiger partial charge in [-0.05, 0) is 38.0 Å². The normalized spacial score (nSPS) is 33.0. The standard InChI is InChI=1S/C14H25NO3S2/c1-11-3-5-12(6-4-11)15(2)14(16)9-19-13-7-8-20(17,18)10-13/h11-13H,3-10H2,1-2H3. The van der Waals surface area contributed by atoms with Crippen LogP contribution in [0.15, 0.2) is 0 Å². The van der Waals surface area contributed by atoms with Crippen LogP contribution in [0, 0.1) is 5.92 Å². The predicted octanol–water partition coefficient (Wildman–Crippen LogP) is 1.94. The molecule has 0 aromatic heterocycles. The van der Waals surface area contributed by atoms with Crippen molar-refractivity contribution in [3.05, 3.63) is 0 Å². The van der Waals surface area contributed by atoms with Gasteiger partial charge in [-0.15, -0.1) is 11.8 Å². The molecule has 0 aromatic rings. The van der Waals surface area contributed by atoms with Gasteiger partial charge in [0.15, 0.2) is 9.84 Å². The smallest absolute Gasteiger partial charge is 0.232 e. The molecule has 1 amide bonds. The molecule has 1 atom stereocenters. The van der Waals surface area contributed by atoms with Gasteiger partial charge >= 0.3 is 0 Å². The maximum atomic E-state index is 12.2. The van der Waals surface area contributed by atoms with Crippen LogP contribution in [0.5, 0.6) is 0 Å². The minimum Gasteiger partial charge on any atom is -0.342 e. The summed E-state index contributed by atoms with van der Waals surface area (Å²) in [5.41, 5.74) is 0. The van der Waals surface area contributed by atoms with Crippen LogP contribution >= 0.6 is 11.8 Å². The largest absolute Gasteiger partial charge is 0.342 e. The Morgan fingerprint density at radius 1 is 1.20 bits per heavy atom. The molecular weight excluding hydrogens is 294 g/mol. The fourth-order valence-electron chi connectivity index (χ4n) is 3.02. The van der Waals surface area contributed by atoms with Gasteiger partial charge in [-0.3, -0.25) is 4.79 Å². The van der Waals surface area contributed by atoms with Gasteiger partial charge in [-0.2, -0.15) is 0 Å². The third kappa shape index (κ3) is 4.38. The lowest BCUT2D eigenvalue weighted by Gasteiger charge is -2.33. The number of hydrogen-bond donors (Lipinski definition) is 0. The number of carbonyl (C=O) groups is 1. The van der Waals surface area contributed by atoms with E-state index in [2.05, 4.69) is 6.92 Å². The highest BCUT2D eigenvalue weighted by atomic mass is 32.2. The summed E-state index contributed by atoms with van der Waals surface area (Å²) in [7, 11) is -0.938. The van der Waals surface area contributed by atoms with Gasteiger partial charge in [-0.25, -0.2) is 8.42 Å². The van der Waals surface area contributed by atoms with Gasteiger partial charge in [0, 0.05) is 18.3 Å². The number of amides is 1. The summed E-state index contributed by atoms with van der Waals surface area (Å²) in [5, 5.41) is 0.115. The minimum absolute atomic E-state index is 0.115. The van der Waals surface area contributed by atoms with Crippen LogP contribution in [0.4, 0.5) is 0 Å². The van der Waals surface area contributed by atoms with E-state index < -0.39 is 9.84 Å². The SMILES string of the molecule is CC1CCC(N(C)C(=O)CSC2CCS(=O)(=O)C2)CC1. The Morgan fingerprint density at radius 3 is 2.40 bits per heavy atom. The van der Waals surface area contributed by atoms with E-state index in [4.69, 9.17) is 0 Å². The summed E-state index contributed by atoms with van der Waals surface area (Å²) in [6.07, 6.45) is 5.31. The molecular formula is C14H25NO3S2. The monoisotopic (exact) mass is 319 g/mol. The first kappa shape index (κ1) is 16.1. The average molecular weight is 319 g/mol. The molecule has 1 heterocycles. The molecule has 0 N–H and O–H groups in total. The summed E-state index contributed by atoms with van der Waals surface area (Å²) in [6.45, 7) is 2.27. The van der Waals surface area contributed by atoms with Crippen molar-refractivity contribution in [1.82, 2.24) is 4.90 Å². The summed E-state index contributed by atoms with van der Waals surface area (Å²) < 4.78 is 22.8. The molecule has 4 nitrogen and oxygen atoms in total. The highest BCUT2D eigenvalue weighted by Crippen LogP contribution is 2.28. The molecule has 20 heavy (non-hydrogen) atoms. The topological polar surface area (TPSA) is 54.5 Å². The molecule has 1 saturated heterocycles. The predicted molar refractivity (Wildman–Crippen MR) is 83.7 cm³/mol. The van der Waals surface area contributed by atoms with Crippen LogP contribution in [0.2, 0.25) is 0 Å². The fourth-order valence-corrected chi connectivity index (χ4v) is 6.58. The van der Waals surface area contributed by atoms with E-state index in [0.717, 1.165) is 18.8 Å². The van der Waals surface area contributed by atoms with Crippen LogP contribution in [0.1, 0.15) is 39.0 Å². The van der Waals surface area contributed by atoms with Crippen LogP contribution in [0.3, 0.4) is 0 Å². The summed E-state index contributed by atoms with van der Waals surface area (Å²) in [6, 6.07) is 0.381. The molecule has 2 fully saturated rings. The van der Waals surface area contributed by atoms with Crippen molar-refractivity contribution >= 4 is 27.5 Å². The van der Waals surface area contributed by atoms with E-state index in [1.54, 1.807) is 0 Å². The Morgan fingerprint density at radius 2 is 1.85 bits per heavy atom. The van der Waals surface area contributed by atoms with E-state index in [-0.39, 0.29) is 22.7 Å². The second-order valence-electron chi connectivity index (χ2n) is 6.25. The first-order chi connectivity index (χ1) is 9.37. The molecule has 116 valence electrons. The molecule has 2 rings (SSSR count). The lowest BCUT2D eigenvalue weighted by Crippen LogP contribution is -2.40. The van der Waals surface area contributed by atoms with Gasteiger partial charge in [0.05, 0.1) is 17.3 Å². The number of hydrogen-bond acceptors (Lipinski definition) is 4. The van der Waals surface area contributed by atoms with E-state index in [1.807, 2.05) is 11.9 Å². The Bertz CT molecular complexity index is 441. The zero-order valence-electron chi connectivity index (χ0n) is 12.4. The first-order valence-corrected chi connectivity index (χ1v) is 10.3. The zero-order valence-corrected chi connectivity index (χ0v) is 14.0. The molecule has 2 aliphatic rings. The maximum Gasteiger partial charge on any atom is 0.232 e. The molecule has 0 spiro atoms. The minimum atomic E-state index is -2.84. The second-order valence-corrected chi connectivity index (χ2v) is 9.77. The number of sulfone groups is 1. The average Bonchev–Trinajstić information content (AvgIpc) is 2.75. The van der Waals surface area contributed by atoms with Crippen LogP contribution < -0.4 is 0 Å². The number of carbonyl (C=O) groups excluding carboxylic acids is 1. The summed E-state index contributed by atoms with van der Waals surface area (Å²) in [4.78, 5) is 14.1. The molecule has 6 heteroatoms. The highest BCUT2D eigenvalue weighted by Gasteiger charge is 2.30. The summed E-state index contributed by atoms with van der Waals surface area (Å²) >= 11 is 1.52. The lowest BCUT2D eigenvalue weighted by molar-refractivity contribution is -0.129. The van der Waals surface area contributed by atoms with Gasteiger partial charge in [0.1, 0.15) is 0 Å². The van der Waals surface area contributed by atoms with Gasteiger partial charge < -0.3 is 4.90 Å². The van der Waals surface area contributed by atoms with Gasteiger partial charge in [0.2, 0.25) is 5.91 Å². The van der Waals surface area contributed by atoms with Crippen LogP contribution in [0.25, 0.3) is 0 Å². The molecule has 1 aliphatic heterocycles. The maximum absolute atomic E-state index is 12.2. The Balaban J connectivity index is 1.74. The Labute approximate surface area is 126 Å². The Kier molecular flexibility index (Phi) is 5.40. The van der Waals surface area contributed by atoms with Crippen molar-refractivity contribution in [3.63, 3.8) is 0 Å². The van der Waals surface area contributed by atoms with Crippen LogP contribution in [-0.4, -0.2) is 54.8 Å². The van der Waals surface area contributed by atoms with Crippen LogP contribution in [-0.2, 0) is 14.6 Å². The third-order valence-corrected chi connectivity index (χ3v) is 7.83. The highest BCUT2D eigenvalue weighted by molar-refractivity contribution is 8.02. The number of nitrogens with zero attached hydrogens (tertiary/aromatic N) is 1. The van der Waals surface area contributed by atoms with E-state index in [9.17, 15) is 13.2 Å². The molecule has 1 aliphatic carbocycles. The van der Waals surface area contributed by atoms with E-state index in [0.29, 0.717) is 18.2 Å². The number of rotatable bonds is 4. The third-order valence-electron chi connectivity index (χ3n) is 4.56. The van der Waals surface area contributed by atoms with Crippen molar-refractivity contribution in [1.29, 1.82) is 0 Å². The zero-order chi connectivity index (χ0) is 14.8. The van der Waals surface area contributed by atoms with Crippen molar-refractivity contribution in [3.8, 4) is 0 Å². The quantitative estimate of drug-likeness (QED) is 0.795. The second kappa shape index (κ2) is 6.69. The van der Waals surface area contributed by atoms with Crippen molar-refractivity contribution in [2.45, 2.75) is 50.3 Å².